The van der Waals surface area contributed by atoms with Crippen LogP contribution in [-0.2, 0) is 19.6 Å². The lowest BCUT2D eigenvalue weighted by atomic mass is 10.1. The number of nitrogens with one attached hydrogen (secondary N) is 1. The van der Waals surface area contributed by atoms with Crippen LogP contribution in [0.2, 0.25) is 0 Å². The minimum atomic E-state index is -3.40. The van der Waals surface area contributed by atoms with Crippen molar-refractivity contribution in [3.8, 4) is 0 Å². The number of methoxy groups -OCH3 is 1. The van der Waals surface area contributed by atoms with Crippen molar-refractivity contribution in [3.63, 3.8) is 0 Å². The summed E-state index contributed by atoms with van der Waals surface area (Å²) in [6.07, 6.45) is 0.507. The topological polar surface area (TPSA) is 72.5 Å². The number of carbonyl (C=O) groups is 1. The van der Waals surface area contributed by atoms with E-state index in [2.05, 4.69) is 9.46 Å². The summed E-state index contributed by atoms with van der Waals surface area (Å²) in [5.74, 6) is -0.592. The lowest BCUT2D eigenvalue weighted by Gasteiger charge is -2.22. The first-order valence-electron chi connectivity index (χ1n) is 4.35. The van der Waals surface area contributed by atoms with E-state index in [4.69, 9.17) is 0 Å². The zero-order valence-corrected chi connectivity index (χ0v) is 9.77. The molecule has 0 rings (SSSR count). The molecule has 6 heteroatoms. The molecule has 14 heavy (non-hydrogen) atoms. The smallest absolute Gasteiger partial charge is 0.326 e. The molecular formula is C8H17NO4S. The van der Waals surface area contributed by atoms with Crippen molar-refractivity contribution in [2.45, 2.75) is 32.7 Å². The molecular weight excluding hydrogens is 206 g/mol. The van der Waals surface area contributed by atoms with Crippen LogP contribution < -0.4 is 4.72 Å². The summed E-state index contributed by atoms with van der Waals surface area (Å²) in [5, 5.41) is 0. The van der Waals surface area contributed by atoms with Crippen molar-refractivity contribution in [1.29, 1.82) is 0 Å². The molecule has 0 aromatic carbocycles. The van der Waals surface area contributed by atoms with E-state index in [0.29, 0.717) is 6.42 Å². The van der Waals surface area contributed by atoms with Crippen molar-refractivity contribution in [3.05, 3.63) is 0 Å². The Kier molecular flexibility index (Phi) is 4.54. The lowest BCUT2D eigenvalue weighted by Crippen LogP contribution is -2.50. The van der Waals surface area contributed by atoms with Crippen LogP contribution in [0.4, 0.5) is 0 Å². The molecule has 0 fully saturated rings. The van der Waals surface area contributed by atoms with Crippen LogP contribution in [0.1, 0.15) is 27.2 Å². The fourth-order valence-corrected chi connectivity index (χ4v) is 2.51. The molecule has 0 radical (unpaired) electrons. The van der Waals surface area contributed by atoms with E-state index in [1.54, 1.807) is 6.92 Å². The quantitative estimate of drug-likeness (QED) is 0.679. The molecule has 0 saturated heterocycles. The predicted molar refractivity (Wildman–Crippen MR) is 53.3 cm³/mol. The van der Waals surface area contributed by atoms with E-state index >= 15 is 0 Å². The number of carbonyl (C=O) groups excluding carboxylic acids is 1. The van der Waals surface area contributed by atoms with E-state index in [1.165, 1.54) is 21.0 Å². The molecule has 5 nitrogen and oxygen atoms in total. The van der Waals surface area contributed by atoms with Gasteiger partial charge in [0.15, 0.2) is 0 Å². The molecule has 0 bridgehead atoms. The second-order valence-corrected chi connectivity index (χ2v) is 5.38. The van der Waals surface area contributed by atoms with Crippen molar-refractivity contribution in [2.24, 2.45) is 0 Å². The first-order valence-corrected chi connectivity index (χ1v) is 6.00. The monoisotopic (exact) mass is 223 g/mol. The highest BCUT2D eigenvalue weighted by atomic mass is 32.2. The Labute approximate surface area is 84.9 Å². The molecule has 0 aliphatic heterocycles. The summed E-state index contributed by atoms with van der Waals surface area (Å²) >= 11 is 0. The van der Waals surface area contributed by atoms with Gasteiger partial charge in [-0.1, -0.05) is 6.92 Å². The van der Waals surface area contributed by atoms with Crippen LogP contribution >= 0.6 is 0 Å². The van der Waals surface area contributed by atoms with Crippen molar-refractivity contribution >= 4 is 16.0 Å². The minimum Gasteiger partial charge on any atom is -0.468 e. The Morgan fingerprint density at radius 1 is 1.43 bits per heavy atom. The molecule has 0 saturated carbocycles. The molecule has 0 atom stereocenters. The maximum Gasteiger partial charge on any atom is 0.326 e. The van der Waals surface area contributed by atoms with Crippen LogP contribution in [0.3, 0.4) is 0 Å². The second kappa shape index (κ2) is 4.75. The van der Waals surface area contributed by atoms with E-state index in [1.807, 2.05) is 0 Å². The van der Waals surface area contributed by atoms with Crippen molar-refractivity contribution in [1.82, 2.24) is 4.72 Å². The number of hydrogen-bond acceptors (Lipinski definition) is 4. The van der Waals surface area contributed by atoms with Gasteiger partial charge in [-0.25, -0.2) is 8.42 Å². The summed E-state index contributed by atoms with van der Waals surface area (Å²) < 4.78 is 29.5. The molecule has 0 unspecified atom stereocenters. The van der Waals surface area contributed by atoms with Gasteiger partial charge in [0.2, 0.25) is 10.0 Å². The largest absolute Gasteiger partial charge is 0.468 e. The normalized spacial score (nSPS) is 12.6. The number of rotatable bonds is 5. The van der Waals surface area contributed by atoms with Crippen LogP contribution in [0.5, 0.6) is 0 Å². The van der Waals surface area contributed by atoms with Crippen LogP contribution in [0.25, 0.3) is 0 Å². The third-order valence-corrected chi connectivity index (χ3v) is 3.35. The zero-order chi connectivity index (χ0) is 11.4. The highest BCUT2D eigenvalue weighted by Gasteiger charge is 2.32. The molecule has 1 N–H and O–H groups in total. The third-order valence-electron chi connectivity index (χ3n) is 1.58. The maximum absolute atomic E-state index is 11.3. The van der Waals surface area contributed by atoms with Crippen LogP contribution in [0, 0.1) is 0 Å². The summed E-state index contributed by atoms with van der Waals surface area (Å²) in [5.41, 5.74) is -1.21. The van der Waals surface area contributed by atoms with E-state index in [0.717, 1.165) is 0 Å². The van der Waals surface area contributed by atoms with Gasteiger partial charge in [0, 0.05) is 0 Å². The molecule has 0 aromatic heterocycles. The molecule has 0 spiro atoms. The molecule has 0 aliphatic rings. The number of ether oxygens (including phenoxy) is 1. The third kappa shape index (κ3) is 4.06. The summed E-state index contributed by atoms with van der Waals surface area (Å²) in [6, 6.07) is 0. The van der Waals surface area contributed by atoms with Gasteiger partial charge in [-0.05, 0) is 20.3 Å². The standard InChI is InChI=1S/C8H17NO4S/c1-5-6-14(11,12)9-8(2,3)7(10)13-4/h9H,5-6H2,1-4H3. The van der Waals surface area contributed by atoms with Gasteiger partial charge >= 0.3 is 5.97 Å². The first-order chi connectivity index (χ1) is 6.25. The highest BCUT2D eigenvalue weighted by Crippen LogP contribution is 2.07. The molecule has 84 valence electrons. The lowest BCUT2D eigenvalue weighted by molar-refractivity contribution is -0.146. The van der Waals surface area contributed by atoms with Gasteiger partial charge in [0.05, 0.1) is 12.9 Å². The summed E-state index contributed by atoms with van der Waals surface area (Å²) in [4.78, 5) is 11.2. The van der Waals surface area contributed by atoms with E-state index in [9.17, 15) is 13.2 Å². The van der Waals surface area contributed by atoms with Gasteiger partial charge in [0.25, 0.3) is 0 Å². The summed E-state index contributed by atoms with van der Waals surface area (Å²) in [7, 11) is -2.17. The van der Waals surface area contributed by atoms with Gasteiger partial charge in [-0.2, -0.15) is 4.72 Å². The Bertz CT molecular complexity index is 294. The van der Waals surface area contributed by atoms with Gasteiger partial charge in [-0.3, -0.25) is 4.79 Å². The zero-order valence-electron chi connectivity index (χ0n) is 8.96. The van der Waals surface area contributed by atoms with Crippen LogP contribution in [0.15, 0.2) is 0 Å². The van der Waals surface area contributed by atoms with Gasteiger partial charge in [0.1, 0.15) is 5.54 Å². The van der Waals surface area contributed by atoms with Gasteiger partial charge in [-0.15, -0.1) is 0 Å². The Balaban J connectivity index is 4.58. The van der Waals surface area contributed by atoms with Crippen molar-refractivity contribution in [2.75, 3.05) is 12.9 Å². The second-order valence-electron chi connectivity index (χ2n) is 3.54. The van der Waals surface area contributed by atoms with E-state index < -0.39 is 21.5 Å². The van der Waals surface area contributed by atoms with E-state index in [-0.39, 0.29) is 5.75 Å². The fraction of sp³-hybridized carbons (Fsp3) is 0.875. The fourth-order valence-electron chi connectivity index (χ4n) is 1.01. The summed E-state index contributed by atoms with van der Waals surface area (Å²) in [6.45, 7) is 4.68. The SMILES string of the molecule is CCCS(=O)(=O)NC(C)(C)C(=O)OC. The number of esters is 1. The molecule has 0 heterocycles. The average molecular weight is 223 g/mol. The molecule has 0 aromatic rings. The van der Waals surface area contributed by atoms with Crippen LogP contribution in [-0.4, -0.2) is 32.8 Å². The first kappa shape index (κ1) is 13.4. The maximum atomic E-state index is 11.3. The highest BCUT2D eigenvalue weighted by molar-refractivity contribution is 7.89. The predicted octanol–water partition coefficient (Wildman–Crippen LogP) is 0.267. The Morgan fingerprint density at radius 2 is 1.93 bits per heavy atom. The van der Waals surface area contributed by atoms with Crippen molar-refractivity contribution < 1.29 is 17.9 Å². The average Bonchev–Trinajstić information content (AvgIpc) is 2.00. The molecule has 0 amide bonds. The number of hydrogen-bond donors (Lipinski definition) is 1. The van der Waals surface area contributed by atoms with Gasteiger partial charge < -0.3 is 4.74 Å². The number of sulfonamides is 1. The Hall–Kier alpha value is -0.620. The Morgan fingerprint density at radius 3 is 2.29 bits per heavy atom. The molecule has 0 aliphatic carbocycles. The minimum absolute atomic E-state index is 0.00737.